The minimum atomic E-state index is -1.67. The number of rotatable bonds is 4. The first kappa shape index (κ1) is 14.5. The number of aromatic nitrogens is 1. The number of pyridine rings is 1. The van der Waals surface area contributed by atoms with Gasteiger partial charge in [0.2, 0.25) is 5.56 Å². The van der Waals surface area contributed by atoms with Crippen LogP contribution in [0.5, 0.6) is 0 Å². The number of hydrogen-bond donors (Lipinski definition) is 2. The van der Waals surface area contributed by atoms with Crippen molar-refractivity contribution in [2.45, 2.75) is 19.9 Å². The molecular weight excluding hydrogens is 260 g/mol. The molecule has 0 aliphatic heterocycles. The van der Waals surface area contributed by atoms with E-state index in [-0.39, 0.29) is 23.4 Å². The first-order valence-electron chi connectivity index (χ1n) is 6.34. The lowest BCUT2D eigenvalue weighted by Crippen LogP contribution is -2.35. The topological polar surface area (TPSA) is 62.5 Å². The molecule has 20 heavy (non-hydrogen) atoms. The van der Waals surface area contributed by atoms with Crippen LogP contribution in [0.4, 0.5) is 4.39 Å². The summed E-state index contributed by atoms with van der Waals surface area (Å²) < 4.78 is 14.8. The molecule has 0 saturated carbocycles. The van der Waals surface area contributed by atoms with Crippen molar-refractivity contribution >= 4 is 12.6 Å². The molecule has 0 aliphatic rings. The van der Waals surface area contributed by atoms with E-state index in [4.69, 9.17) is 10.0 Å². The smallest absolute Gasteiger partial charge is 0.423 e. The van der Waals surface area contributed by atoms with Crippen LogP contribution in [0.1, 0.15) is 18.1 Å². The standard InChI is InChI=1S/C14H15BFNO3/c1-2-10-5-11(7-13(16)6-10)9-17-4-3-12(15(19)20)8-14(17)18/h3-8,19-20H,2,9H2,1H3. The van der Waals surface area contributed by atoms with E-state index in [1.807, 2.05) is 13.0 Å². The van der Waals surface area contributed by atoms with Crippen LogP contribution in [0.2, 0.25) is 0 Å². The van der Waals surface area contributed by atoms with Gasteiger partial charge in [-0.3, -0.25) is 4.79 Å². The highest BCUT2D eigenvalue weighted by Crippen LogP contribution is 2.10. The van der Waals surface area contributed by atoms with E-state index in [2.05, 4.69) is 0 Å². The summed E-state index contributed by atoms with van der Waals surface area (Å²) in [5.74, 6) is -0.324. The van der Waals surface area contributed by atoms with Gasteiger partial charge in [0, 0.05) is 12.3 Å². The van der Waals surface area contributed by atoms with Crippen LogP contribution in [0.3, 0.4) is 0 Å². The van der Waals surface area contributed by atoms with Crippen molar-refractivity contribution in [3.8, 4) is 0 Å². The van der Waals surface area contributed by atoms with Gasteiger partial charge in [-0.05, 0) is 41.2 Å². The van der Waals surface area contributed by atoms with Crippen LogP contribution in [0, 0.1) is 5.82 Å². The van der Waals surface area contributed by atoms with Crippen LogP contribution in [-0.4, -0.2) is 21.7 Å². The quantitative estimate of drug-likeness (QED) is 0.788. The maximum atomic E-state index is 13.4. The van der Waals surface area contributed by atoms with Gasteiger partial charge in [-0.15, -0.1) is 0 Å². The van der Waals surface area contributed by atoms with Gasteiger partial charge in [0.25, 0.3) is 0 Å². The molecule has 0 spiro atoms. The van der Waals surface area contributed by atoms with Gasteiger partial charge in [0.15, 0.2) is 0 Å². The molecule has 1 aromatic carbocycles. The molecule has 0 atom stereocenters. The van der Waals surface area contributed by atoms with Crippen LogP contribution in [0.25, 0.3) is 0 Å². The summed E-state index contributed by atoms with van der Waals surface area (Å²) in [6.07, 6.45) is 2.18. The van der Waals surface area contributed by atoms with E-state index in [1.165, 1.54) is 29.0 Å². The lowest BCUT2D eigenvalue weighted by molar-refractivity contribution is 0.425. The SMILES string of the molecule is CCc1cc(F)cc(Cn2ccc(B(O)O)cc2=O)c1. The zero-order valence-electron chi connectivity index (χ0n) is 11.1. The highest BCUT2D eigenvalue weighted by Gasteiger charge is 2.12. The van der Waals surface area contributed by atoms with Crippen LogP contribution >= 0.6 is 0 Å². The van der Waals surface area contributed by atoms with E-state index in [0.29, 0.717) is 5.56 Å². The monoisotopic (exact) mass is 275 g/mol. The lowest BCUT2D eigenvalue weighted by Gasteiger charge is -2.09. The molecule has 2 aromatic rings. The molecule has 0 bridgehead atoms. The fraction of sp³-hybridized carbons (Fsp3) is 0.214. The third-order valence-electron chi connectivity index (χ3n) is 3.10. The molecule has 2 N–H and O–H groups in total. The van der Waals surface area contributed by atoms with Crippen LogP contribution in [0.15, 0.2) is 41.3 Å². The minimum Gasteiger partial charge on any atom is -0.423 e. The van der Waals surface area contributed by atoms with E-state index in [9.17, 15) is 9.18 Å². The Hall–Kier alpha value is -1.92. The number of aryl methyl sites for hydroxylation is 1. The number of nitrogens with zero attached hydrogens (tertiary/aromatic N) is 1. The molecule has 4 nitrogen and oxygen atoms in total. The van der Waals surface area contributed by atoms with Crippen molar-refractivity contribution in [3.05, 3.63) is 63.8 Å². The first-order chi connectivity index (χ1) is 9.49. The number of benzene rings is 1. The summed E-state index contributed by atoms with van der Waals surface area (Å²) >= 11 is 0. The Labute approximate surface area is 116 Å². The predicted octanol–water partition coefficient (Wildman–Crippen LogP) is 0.278. The molecule has 2 rings (SSSR count). The average Bonchev–Trinajstić information content (AvgIpc) is 2.40. The molecule has 0 radical (unpaired) electrons. The highest BCUT2D eigenvalue weighted by atomic mass is 19.1. The molecule has 104 valence electrons. The van der Waals surface area contributed by atoms with Crippen molar-refractivity contribution in [2.75, 3.05) is 0 Å². The Kier molecular flexibility index (Phi) is 4.37. The van der Waals surface area contributed by atoms with E-state index < -0.39 is 7.12 Å². The fourth-order valence-corrected chi connectivity index (χ4v) is 2.02. The second-order valence-electron chi connectivity index (χ2n) is 4.62. The maximum Gasteiger partial charge on any atom is 0.488 e. The van der Waals surface area contributed by atoms with Gasteiger partial charge in [-0.2, -0.15) is 0 Å². The molecule has 0 amide bonds. The Morgan fingerprint density at radius 2 is 1.90 bits per heavy atom. The Bertz CT molecular complexity index is 670. The van der Waals surface area contributed by atoms with Crippen molar-refractivity contribution in [2.24, 2.45) is 0 Å². The summed E-state index contributed by atoms with van der Waals surface area (Å²) in [6, 6.07) is 7.32. The normalized spacial score (nSPS) is 10.6. The van der Waals surface area contributed by atoms with Crippen LogP contribution in [-0.2, 0) is 13.0 Å². The molecule has 1 aromatic heterocycles. The third kappa shape index (κ3) is 3.34. The maximum absolute atomic E-state index is 13.4. The Balaban J connectivity index is 2.30. The third-order valence-corrected chi connectivity index (χ3v) is 3.10. The summed E-state index contributed by atoms with van der Waals surface area (Å²) in [5, 5.41) is 18.0. The zero-order chi connectivity index (χ0) is 14.7. The summed E-state index contributed by atoms with van der Waals surface area (Å²) in [7, 11) is -1.67. The van der Waals surface area contributed by atoms with Gasteiger partial charge in [0.05, 0.1) is 6.54 Å². The van der Waals surface area contributed by atoms with Crippen molar-refractivity contribution in [1.29, 1.82) is 0 Å². The van der Waals surface area contributed by atoms with E-state index in [0.717, 1.165) is 18.1 Å². The van der Waals surface area contributed by atoms with Gasteiger partial charge >= 0.3 is 7.12 Å². The van der Waals surface area contributed by atoms with Crippen molar-refractivity contribution < 1.29 is 14.4 Å². The van der Waals surface area contributed by atoms with E-state index >= 15 is 0 Å². The van der Waals surface area contributed by atoms with Crippen molar-refractivity contribution in [3.63, 3.8) is 0 Å². The lowest BCUT2D eigenvalue weighted by atomic mass is 9.81. The predicted molar refractivity (Wildman–Crippen MR) is 75.4 cm³/mol. The summed E-state index contributed by atoms with van der Waals surface area (Å²) in [6.45, 7) is 2.17. The average molecular weight is 275 g/mol. The first-order valence-corrected chi connectivity index (χ1v) is 6.34. The molecule has 0 aliphatic carbocycles. The molecule has 1 heterocycles. The molecule has 0 fully saturated rings. The molecule has 0 unspecified atom stereocenters. The highest BCUT2D eigenvalue weighted by molar-refractivity contribution is 6.58. The molecule has 0 saturated heterocycles. The molecular formula is C14H15BFNO3. The summed E-state index contributed by atoms with van der Waals surface area (Å²) in [4.78, 5) is 11.8. The van der Waals surface area contributed by atoms with E-state index in [1.54, 1.807) is 0 Å². The zero-order valence-corrected chi connectivity index (χ0v) is 11.1. The second-order valence-corrected chi connectivity index (χ2v) is 4.62. The molecule has 6 heteroatoms. The fourth-order valence-electron chi connectivity index (χ4n) is 2.02. The number of hydrogen-bond acceptors (Lipinski definition) is 3. The van der Waals surface area contributed by atoms with Gasteiger partial charge in [0.1, 0.15) is 5.82 Å². The van der Waals surface area contributed by atoms with Gasteiger partial charge < -0.3 is 14.6 Å². The second kappa shape index (κ2) is 6.03. The Morgan fingerprint density at radius 1 is 1.20 bits per heavy atom. The van der Waals surface area contributed by atoms with Crippen molar-refractivity contribution in [1.82, 2.24) is 4.57 Å². The largest absolute Gasteiger partial charge is 0.488 e. The van der Waals surface area contributed by atoms with Gasteiger partial charge in [-0.25, -0.2) is 4.39 Å². The van der Waals surface area contributed by atoms with Gasteiger partial charge in [-0.1, -0.05) is 13.0 Å². The van der Waals surface area contributed by atoms with Crippen LogP contribution < -0.4 is 11.0 Å². The number of halogens is 1. The summed E-state index contributed by atoms with van der Waals surface area (Å²) in [5.41, 5.74) is 1.34. The Morgan fingerprint density at radius 3 is 2.50 bits per heavy atom. The minimum absolute atomic E-state index is 0.139.